The van der Waals surface area contributed by atoms with E-state index in [1.54, 1.807) is 30.3 Å². The number of rotatable bonds is 6. The Kier molecular flexibility index (Phi) is 4.14. The Morgan fingerprint density at radius 2 is 1.90 bits per heavy atom. The Morgan fingerprint density at radius 1 is 1.20 bits per heavy atom. The van der Waals surface area contributed by atoms with E-state index in [1.165, 1.54) is 6.07 Å². The topological polar surface area (TPSA) is 89.7 Å². The van der Waals surface area contributed by atoms with E-state index in [0.717, 1.165) is 0 Å². The molecule has 0 aromatic heterocycles. The number of hydrogen-bond donors (Lipinski definition) is 1. The van der Waals surface area contributed by atoms with Crippen LogP contribution >= 0.6 is 0 Å². The number of aliphatic carboxylic acids is 1. The van der Waals surface area contributed by atoms with Crippen LogP contribution in [0.2, 0.25) is 0 Å². The average molecular weight is 275 g/mol. The molecule has 6 heteroatoms. The van der Waals surface area contributed by atoms with E-state index in [1.807, 2.05) is 0 Å². The fourth-order valence-corrected chi connectivity index (χ4v) is 1.95. The Hall–Kier alpha value is -2.63. The third-order valence-corrected chi connectivity index (χ3v) is 2.85. The molecule has 104 valence electrons. The number of nitro groups is 1. The van der Waals surface area contributed by atoms with Crippen LogP contribution in [0.3, 0.4) is 0 Å². The van der Waals surface area contributed by atoms with E-state index in [2.05, 4.69) is 0 Å². The summed E-state index contributed by atoms with van der Waals surface area (Å²) in [4.78, 5) is 20.9. The van der Waals surface area contributed by atoms with Gasteiger partial charge in [-0.15, -0.1) is 0 Å². The number of carboxylic acid groups (broad SMARTS) is 1. The summed E-state index contributed by atoms with van der Waals surface area (Å²) in [6.07, 6.45) is 0.422. The normalized spacial score (nSPS) is 10.4. The fraction of sp³-hybridized carbons (Fsp3) is 0.214. The van der Waals surface area contributed by atoms with Gasteiger partial charge in [-0.3, -0.25) is 14.9 Å². The van der Waals surface area contributed by atoms with E-state index < -0.39 is 10.9 Å². The number of nitro benzene ring substituents is 1. The van der Waals surface area contributed by atoms with Gasteiger partial charge in [0, 0.05) is 17.9 Å². The summed E-state index contributed by atoms with van der Waals surface area (Å²) in [5.74, 6) is -0.348. The molecule has 0 saturated heterocycles. The first kappa shape index (κ1) is 13.8. The maximum atomic E-state index is 11.0. The molecule has 0 amide bonds. The van der Waals surface area contributed by atoms with Gasteiger partial charge in [-0.25, -0.2) is 0 Å². The largest absolute Gasteiger partial charge is 0.493 e. The fourth-order valence-electron chi connectivity index (χ4n) is 1.95. The highest BCUT2D eigenvalue weighted by Gasteiger charge is 2.14. The molecule has 0 radical (unpaired) electrons. The van der Waals surface area contributed by atoms with Crippen LogP contribution in [0.4, 0.5) is 5.69 Å². The summed E-state index contributed by atoms with van der Waals surface area (Å²) in [6, 6.07) is 9.85. The van der Waals surface area contributed by atoms with Crippen molar-refractivity contribution in [3.05, 3.63) is 46.5 Å². The Morgan fingerprint density at radius 3 is 2.55 bits per heavy atom. The van der Waals surface area contributed by atoms with Crippen molar-refractivity contribution in [3.63, 3.8) is 0 Å². The molecule has 0 bridgehead atoms. The SMILES string of the molecule is O=C(O)CCCOc1ccc([N+](=O)[O-])c2ccccc12. The van der Waals surface area contributed by atoms with Crippen LogP contribution in [0, 0.1) is 10.1 Å². The van der Waals surface area contributed by atoms with Gasteiger partial charge in [0.2, 0.25) is 0 Å². The number of carbonyl (C=O) groups is 1. The highest BCUT2D eigenvalue weighted by atomic mass is 16.6. The van der Waals surface area contributed by atoms with Crippen LogP contribution in [0.1, 0.15) is 12.8 Å². The molecule has 0 aliphatic heterocycles. The minimum absolute atomic E-state index is 0.0264. The van der Waals surface area contributed by atoms with Crippen LogP contribution in [0.5, 0.6) is 5.75 Å². The lowest BCUT2D eigenvalue weighted by Crippen LogP contribution is -2.02. The van der Waals surface area contributed by atoms with Crippen molar-refractivity contribution >= 4 is 22.4 Å². The van der Waals surface area contributed by atoms with Crippen molar-refractivity contribution < 1.29 is 19.6 Å². The zero-order chi connectivity index (χ0) is 14.5. The second-order valence-corrected chi connectivity index (χ2v) is 4.23. The van der Waals surface area contributed by atoms with Crippen molar-refractivity contribution in [1.29, 1.82) is 0 Å². The van der Waals surface area contributed by atoms with Gasteiger partial charge in [0.1, 0.15) is 5.75 Å². The first-order valence-corrected chi connectivity index (χ1v) is 6.10. The van der Waals surface area contributed by atoms with Crippen LogP contribution in [0.15, 0.2) is 36.4 Å². The summed E-state index contributed by atoms with van der Waals surface area (Å²) < 4.78 is 5.52. The van der Waals surface area contributed by atoms with Gasteiger partial charge in [-0.05, 0) is 18.6 Å². The Labute approximate surface area is 114 Å². The van der Waals surface area contributed by atoms with Crippen molar-refractivity contribution in [3.8, 4) is 5.75 Å². The zero-order valence-corrected chi connectivity index (χ0v) is 10.6. The highest BCUT2D eigenvalue weighted by molar-refractivity contribution is 5.95. The number of ether oxygens (including phenoxy) is 1. The van der Waals surface area contributed by atoms with Gasteiger partial charge in [-0.2, -0.15) is 0 Å². The monoisotopic (exact) mass is 275 g/mol. The molecule has 0 spiro atoms. The number of non-ortho nitro benzene ring substituents is 1. The molecule has 20 heavy (non-hydrogen) atoms. The van der Waals surface area contributed by atoms with Crippen LogP contribution in [-0.2, 0) is 4.79 Å². The number of nitrogens with zero attached hydrogens (tertiary/aromatic N) is 1. The molecule has 2 aromatic rings. The summed E-state index contributed by atoms with van der Waals surface area (Å²) in [7, 11) is 0. The number of fused-ring (bicyclic) bond motifs is 1. The lowest BCUT2D eigenvalue weighted by atomic mass is 10.1. The third kappa shape index (κ3) is 3.03. The van der Waals surface area contributed by atoms with Crippen molar-refractivity contribution in [2.75, 3.05) is 6.61 Å². The number of benzene rings is 2. The van der Waals surface area contributed by atoms with E-state index in [9.17, 15) is 14.9 Å². The third-order valence-electron chi connectivity index (χ3n) is 2.85. The second kappa shape index (κ2) is 6.01. The lowest BCUT2D eigenvalue weighted by Gasteiger charge is -2.09. The zero-order valence-electron chi connectivity index (χ0n) is 10.6. The van der Waals surface area contributed by atoms with Gasteiger partial charge < -0.3 is 9.84 Å². The van der Waals surface area contributed by atoms with Gasteiger partial charge in [-0.1, -0.05) is 18.2 Å². The van der Waals surface area contributed by atoms with Crippen LogP contribution in [0.25, 0.3) is 10.8 Å². The summed E-state index contributed by atoms with van der Waals surface area (Å²) >= 11 is 0. The molecular weight excluding hydrogens is 262 g/mol. The van der Waals surface area contributed by atoms with Crippen molar-refractivity contribution in [2.24, 2.45) is 0 Å². The van der Waals surface area contributed by atoms with E-state index in [4.69, 9.17) is 9.84 Å². The van der Waals surface area contributed by atoms with Crippen LogP contribution in [-0.4, -0.2) is 22.6 Å². The molecule has 2 rings (SSSR count). The minimum Gasteiger partial charge on any atom is -0.493 e. The molecule has 0 aliphatic carbocycles. The molecule has 1 N–H and O–H groups in total. The Balaban J connectivity index is 2.24. The van der Waals surface area contributed by atoms with Gasteiger partial charge in [0.15, 0.2) is 0 Å². The lowest BCUT2D eigenvalue weighted by molar-refractivity contribution is -0.383. The van der Waals surface area contributed by atoms with E-state index >= 15 is 0 Å². The first-order chi connectivity index (χ1) is 9.59. The smallest absolute Gasteiger partial charge is 0.303 e. The number of carboxylic acids is 1. The predicted octanol–water partition coefficient (Wildman–Crippen LogP) is 2.99. The van der Waals surface area contributed by atoms with Gasteiger partial charge >= 0.3 is 5.97 Å². The van der Waals surface area contributed by atoms with Gasteiger partial charge in [0.05, 0.1) is 16.9 Å². The maximum Gasteiger partial charge on any atom is 0.303 e. The second-order valence-electron chi connectivity index (χ2n) is 4.23. The molecule has 0 fully saturated rings. The van der Waals surface area contributed by atoms with E-state index in [-0.39, 0.29) is 18.7 Å². The molecule has 0 aliphatic rings. The summed E-state index contributed by atoms with van der Waals surface area (Å²) in [5.41, 5.74) is 0.0264. The van der Waals surface area contributed by atoms with E-state index in [0.29, 0.717) is 22.9 Å². The first-order valence-electron chi connectivity index (χ1n) is 6.10. The van der Waals surface area contributed by atoms with Crippen molar-refractivity contribution in [1.82, 2.24) is 0 Å². The standard InChI is InChI=1S/C14H13NO5/c16-14(17)6-3-9-20-13-8-7-12(15(18)19)10-4-1-2-5-11(10)13/h1-2,4-5,7-8H,3,6,9H2,(H,16,17). The summed E-state index contributed by atoms with van der Waals surface area (Å²) in [6.45, 7) is 0.258. The summed E-state index contributed by atoms with van der Waals surface area (Å²) in [5, 5.41) is 20.7. The molecule has 0 heterocycles. The number of hydrogen-bond acceptors (Lipinski definition) is 4. The minimum atomic E-state index is -0.873. The predicted molar refractivity (Wildman–Crippen MR) is 73.0 cm³/mol. The van der Waals surface area contributed by atoms with Gasteiger partial charge in [0.25, 0.3) is 5.69 Å². The quantitative estimate of drug-likeness (QED) is 0.497. The van der Waals surface area contributed by atoms with Crippen molar-refractivity contribution in [2.45, 2.75) is 12.8 Å². The maximum absolute atomic E-state index is 11.0. The average Bonchev–Trinajstić information content (AvgIpc) is 2.43. The Bertz CT molecular complexity index is 653. The molecule has 2 aromatic carbocycles. The molecular formula is C14H13NO5. The highest BCUT2D eigenvalue weighted by Crippen LogP contribution is 2.32. The molecule has 0 unspecified atom stereocenters. The molecule has 0 atom stereocenters. The van der Waals surface area contributed by atoms with Crippen LogP contribution < -0.4 is 4.74 Å². The molecule has 0 saturated carbocycles. The molecule has 6 nitrogen and oxygen atoms in total.